The van der Waals surface area contributed by atoms with Gasteiger partial charge in [0.25, 0.3) is 5.91 Å². The van der Waals surface area contributed by atoms with Crippen molar-refractivity contribution in [3.8, 4) is 11.3 Å². The molecule has 3 rings (SSSR count). The second-order valence-electron chi connectivity index (χ2n) is 6.05. The highest BCUT2D eigenvalue weighted by molar-refractivity contribution is 9.10. The fourth-order valence-electron chi connectivity index (χ4n) is 2.94. The molecule has 0 atom stereocenters. The summed E-state index contributed by atoms with van der Waals surface area (Å²) in [4.78, 5) is 19.2. The third-order valence-corrected chi connectivity index (χ3v) is 6.27. The van der Waals surface area contributed by atoms with E-state index in [1.54, 1.807) is 17.4 Å². The zero-order valence-electron chi connectivity index (χ0n) is 15.2. The number of amides is 1. The molecule has 0 aliphatic rings. The predicted molar refractivity (Wildman–Crippen MR) is 116 cm³/mol. The molecule has 6 heteroatoms. The van der Waals surface area contributed by atoms with Crippen LogP contribution in [0.25, 0.3) is 11.3 Å². The van der Waals surface area contributed by atoms with Gasteiger partial charge in [-0.25, -0.2) is 0 Å². The summed E-state index contributed by atoms with van der Waals surface area (Å²) in [5, 5.41) is 0.711. The van der Waals surface area contributed by atoms with Crippen LogP contribution in [0.1, 0.15) is 35.5 Å². The van der Waals surface area contributed by atoms with Gasteiger partial charge in [-0.1, -0.05) is 49.2 Å². The number of nitrogens with zero attached hydrogens (tertiary/aromatic N) is 2. The first-order valence-corrected chi connectivity index (χ1v) is 10.9. The van der Waals surface area contributed by atoms with Crippen molar-refractivity contribution < 1.29 is 4.79 Å². The molecule has 0 aliphatic heterocycles. The Morgan fingerprint density at radius 2 is 1.85 bits per heavy atom. The van der Waals surface area contributed by atoms with E-state index in [4.69, 9.17) is 11.6 Å². The van der Waals surface area contributed by atoms with Crippen LogP contribution in [0.15, 0.2) is 58.0 Å². The Bertz CT molecular complexity index is 1020. The van der Waals surface area contributed by atoms with E-state index in [1.165, 1.54) is 4.88 Å². The maximum atomic E-state index is 12.7. The number of rotatable bonds is 5. The summed E-state index contributed by atoms with van der Waals surface area (Å²) in [6.45, 7) is 4.97. The number of aryl methyl sites for hydroxylation is 1. The Kier molecular flexibility index (Phi) is 6.68. The predicted octanol–water partition coefficient (Wildman–Crippen LogP) is 6.35. The van der Waals surface area contributed by atoms with Crippen molar-refractivity contribution in [2.45, 2.75) is 33.2 Å². The zero-order chi connectivity index (χ0) is 19.4. The van der Waals surface area contributed by atoms with Crippen molar-refractivity contribution in [3.63, 3.8) is 0 Å². The van der Waals surface area contributed by atoms with Gasteiger partial charge in [0.15, 0.2) is 4.80 Å². The average Bonchev–Trinajstić information content (AvgIpc) is 3.00. The number of carbonyl (C=O) groups excluding carboxylic acids is 1. The van der Waals surface area contributed by atoms with Crippen molar-refractivity contribution >= 4 is 44.8 Å². The molecule has 0 aliphatic carbocycles. The second-order valence-corrected chi connectivity index (χ2v) is 8.41. The van der Waals surface area contributed by atoms with Gasteiger partial charge in [-0.3, -0.25) is 4.79 Å². The molecule has 3 aromatic rings. The molecule has 1 aromatic heterocycles. The van der Waals surface area contributed by atoms with Crippen molar-refractivity contribution in [1.82, 2.24) is 4.57 Å². The van der Waals surface area contributed by atoms with Crippen LogP contribution in [0, 0.1) is 0 Å². The second kappa shape index (κ2) is 9.00. The van der Waals surface area contributed by atoms with Gasteiger partial charge < -0.3 is 4.57 Å². The van der Waals surface area contributed by atoms with Crippen molar-refractivity contribution in [1.29, 1.82) is 0 Å². The van der Waals surface area contributed by atoms with Gasteiger partial charge in [-0.05, 0) is 59.1 Å². The third kappa shape index (κ3) is 4.42. The van der Waals surface area contributed by atoms with Gasteiger partial charge in [0.2, 0.25) is 0 Å². The molecule has 2 aromatic carbocycles. The fourth-order valence-corrected chi connectivity index (χ4v) is 4.83. The van der Waals surface area contributed by atoms with Crippen LogP contribution in [0.5, 0.6) is 0 Å². The molecule has 3 nitrogen and oxygen atoms in total. The Hall–Kier alpha value is -1.69. The molecular formula is C21H20BrClN2OS. The highest BCUT2D eigenvalue weighted by atomic mass is 79.9. The fraction of sp³-hybridized carbons (Fsp3) is 0.238. The number of halogens is 2. The molecule has 0 radical (unpaired) electrons. The van der Waals surface area contributed by atoms with Crippen molar-refractivity contribution in [2.75, 3.05) is 0 Å². The molecule has 1 heterocycles. The van der Waals surface area contributed by atoms with Gasteiger partial charge in [0.1, 0.15) is 0 Å². The Morgan fingerprint density at radius 3 is 2.48 bits per heavy atom. The summed E-state index contributed by atoms with van der Waals surface area (Å²) in [6.07, 6.45) is 1.98. The average molecular weight is 464 g/mol. The van der Waals surface area contributed by atoms with Crippen LogP contribution in [0.4, 0.5) is 0 Å². The van der Waals surface area contributed by atoms with Crippen LogP contribution in [-0.4, -0.2) is 10.5 Å². The van der Waals surface area contributed by atoms with Crippen LogP contribution in [0.3, 0.4) is 0 Å². The molecule has 0 fully saturated rings. The number of aromatic nitrogens is 1. The van der Waals surface area contributed by atoms with Gasteiger partial charge in [0, 0.05) is 20.9 Å². The highest BCUT2D eigenvalue weighted by Gasteiger charge is 2.16. The van der Waals surface area contributed by atoms with E-state index in [-0.39, 0.29) is 5.91 Å². The topological polar surface area (TPSA) is 34.4 Å². The van der Waals surface area contributed by atoms with Gasteiger partial charge in [-0.2, -0.15) is 4.99 Å². The quantitative estimate of drug-likeness (QED) is 0.434. The lowest BCUT2D eigenvalue weighted by molar-refractivity contribution is 0.0997. The lowest BCUT2D eigenvalue weighted by atomic mass is 10.1. The number of hydrogen-bond acceptors (Lipinski definition) is 2. The molecule has 0 saturated heterocycles. The van der Waals surface area contributed by atoms with Crippen LogP contribution in [-0.2, 0) is 13.0 Å². The molecule has 0 bridgehead atoms. The molecule has 0 N–H and O–H groups in total. The van der Waals surface area contributed by atoms with E-state index in [0.29, 0.717) is 10.6 Å². The largest absolute Gasteiger partial charge is 0.316 e. The molecule has 0 spiro atoms. The SMILES string of the molecule is CCCc1sc(=NC(=O)c2ccccc2Br)n(CC)c1-c1ccc(Cl)cc1. The first-order valence-electron chi connectivity index (χ1n) is 8.87. The summed E-state index contributed by atoms with van der Waals surface area (Å²) in [7, 11) is 0. The Labute approximate surface area is 176 Å². The van der Waals surface area contributed by atoms with E-state index in [1.807, 2.05) is 42.5 Å². The minimum absolute atomic E-state index is 0.239. The molecular weight excluding hydrogens is 444 g/mol. The summed E-state index contributed by atoms with van der Waals surface area (Å²) in [6, 6.07) is 15.2. The van der Waals surface area contributed by atoms with E-state index in [2.05, 4.69) is 39.3 Å². The Morgan fingerprint density at radius 1 is 1.15 bits per heavy atom. The summed E-state index contributed by atoms with van der Waals surface area (Å²) in [5.74, 6) is -0.239. The number of carbonyl (C=O) groups is 1. The van der Waals surface area contributed by atoms with E-state index >= 15 is 0 Å². The smallest absolute Gasteiger partial charge is 0.280 e. The number of hydrogen-bond donors (Lipinski definition) is 0. The molecule has 0 unspecified atom stereocenters. The molecule has 27 heavy (non-hydrogen) atoms. The lowest BCUT2D eigenvalue weighted by Crippen LogP contribution is -2.17. The first kappa shape index (κ1) is 20.1. The summed E-state index contributed by atoms with van der Waals surface area (Å²) < 4.78 is 2.87. The first-order chi connectivity index (χ1) is 13.0. The van der Waals surface area contributed by atoms with E-state index in [0.717, 1.165) is 39.9 Å². The maximum absolute atomic E-state index is 12.7. The van der Waals surface area contributed by atoms with Gasteiger partial charge in [-0.15, -0.1) is 11.3 Å². The maximum Gasteiger partial charge on any atom is 0.280 e. The van der Waals surface area contributed by atoms with Crippen LogP contribution < -0.4 is 4.80 Å². The minimum Gasteiger partial charge on any atom is -0.316 e. The third-order valence-electron chi connectivity index (χ3n) is 4.19. The molecule has 140 valence electrons. The summed E-state index contributed by atoms with van der Waals surface area (Å²) in [5.41, 5.74) is 2.79. The molecule has 1 amide bonds. The number of benzene rings is 2. The van der Waals surface area contributed by atoms with Crippen LogP contribution in [0.2, 0.25) is 5.02 Å². The van der Waals surface area contributed by atoms with Gasteiger partial charge >= 0.3 is 0 Å². The Balaban J connectivity index is 2.16. The number of thiazole rings is 1. The van der Waals surface area contributed by atoms with E-state index < -0.39 is 0 Å². The normalized spacial score (nSPS) is 11.8. The van der Waals surface area contributed by atoms with Gasteiger partial charge in [0.05, 0.1) is 11.3 Å². The zero-order valence-corrected chi connectivity index (χ0v) is 18.4. The van der Waals surface area contributed by atoms with Crippen molar-refractivity contribution in [3.05, 3.63) is 73.3 Å². The van der Waals surface area contributed by atoms with Crippen molar-refractivity contribution in [2.24, 2.45) is 4.99 Å². The monoisotopic (exact) mass is 462 g/mol. The minimum atomic E-state index is -0.239. The van der Waals surface area contributed by atoms with Crippen LogP contribution >= 0.6 is 38.9 Å². The van der Waals surface area contributed by atoms with E-state index in [9.17, 15) is 4.79 Å². The standard InChI is InChI=1S/C21H20BrClN2OS/c1-3-7-18-19(14-10-12-15(23)13-11-14)25(4-2)21(27-18)24-20(26)16-8-5-6-9-17(16)22/h5-6,8-13H,3-4,7H2,1-2H3. The lowest BCUT2D eigenvalue weighted by Gasteiger charge is -2.09. The molecule has 0 saturated carbocycles. The summed E-state index contributed by atoms with van der Waals surface area (Å²) >= 11 is 11.1. The highest BCUT2D eigenvalue weighted by Crippen LogP contribution is 2.28.